The number of nitrogens with one attached hydrogen (secondary N) is 3. The van der Waals surface area contributed by atoms with E-state index in [9.17, 15) is 14.9 Å². The van der Waals surface area contributed by atoms with Gasteiger partial charge in [-0.05, 0) is 59.1 Å². The van der Waals surface area contributed by atoms with Crippen LogP contribution in [0, 0.1) is 13.7 Å². The molecule has 0 unspecified atom stereocenters. The van der Waals surface area contributed by atoms with Crippen LogP contribution < -0.4 is 16.0 Å². The first-order chi connectivity index (χ1) is 13.1. The number of non-ortho nitro benzene ring substituents is 1. The van der Waals surface area contributed by atoms with E-state index in [1.807, 2.05) is 22.6 Å². The summed E-state index contributed by atoms with van der Waals surface area (Å²) in [5.74, 6) is -0.452. The van der Waals surface area contributed by atoms with Crippen molar-refractivity contribution < 1.29 is 9.72 Å². The molecular weight excluding hydrogens is 562 g/mol. The third kappa shape index (κ3) is 6.59. The second kappa shape index (κ2) is 9.88. The summed E-state index contributed by atoms with van der Waals surface area (Å²) in [6.45, 7) is 0. The predicted octanol–water partition coefficient (Wildman–Crippen LogP) is 4.61. The van der Waals surface area contributed by atoms with Gasteiger partial charge < -0.3 is 16.0 Å². The lowest BCUT2D eigenvalue weighted by Crippen LogP contribution is -2.56. The van der Waals surface area contributed by atoms with Crippen LogP contribution in [0.15, 0.2) is 48.5 Å². The maximum Gasteiger partial charge on any atom is 0.269 e. The Bertz CT molecular complexity index is 893. The van der Waals surface area contributed by atoms with Gasteiger partial charge in [-0.3, -0.25) is 14.9 Å². The molecule has 0 aromatic heterocycles. The van der Waals surface area contributed by atoms with Gasteiger partial charge in [-0.2, -0.15) is 0 Å². The van der Waals surface area contributed by atoms with E-state index >= 15 is 0 Å². The van der Waals surface area contributed by atoms with E-state index in [-0.39, 0.29) is 10.8 Å². The molecule has 0 aliphatic rings. The standard InChI is InChI=1S/C16H12Cl3IN4O3S/c17-16(18,19)14(22-13(25)11-3-1-2-4-12(11)20)23-15(28)21-9-5-7-10(8-6-9)24(26)27/h1-8,14H,(H,22,25)(H2,21,23,28)/t14-/m0/s1. The molecule has 12 heteroatoms. The molecule has 0 aliphatic carbocycles. The van der Waals surface area contributed by atoms with E-state index in [0.717, 1.165) is 3.57 Å². The molecule has 0 fully saturated rings. The molecule has 0 saturated carbocycles. The first kappa shape index (κ1) is 22.9. The highest BCUT2D eigenvalue weighted by Crippen LogP contribution is 2.29. The van der Waals surface area contributed by atoms with E-state index in [0.29, 0.717) is 11.3 Å². The van der Waals surface area contributed by atoms with E-state index in [1.165, 1.54) is 24.3 Å². The summed E-state index contributed by atoms with van der Waals surface area (Å²) in [6.07, 6.45) is -1.14. The van der Waals surface area contributed by atoms with Crippen LogP contribution >= 0.6 is 69.6 Å². The van der Waals surface area contributed by atoms with E-state index in [2.05, 4.69) is 16.0 Å². The minimum absolute atomic E-state index is 0.0493. The number of halogens is 4. The number of thiocarbonyl (C=S) groups is 1. The number of hydrogen-bond donors (Lipinski definition) is 3. The number of nitro benzene ring substituents is 1. The number of carbonyl (C=O) groups is 1. The molecule has 148 valence electrons. The Hall–Kier alpha value is -1.40. The molecule has 1 atom stereocenters. The van der Waals surface area contributed by atoms with Crippen LogP contribution in [0.3, 0.4) is 0 Å². The fourth-order valence-corrected chi connectivity index (χ4v) is 3.21. The van der Waals surface area contributed by atoms with Crippen LogP contribution in [0.25, 0.3) is 0 Å². The molecule has 2 aromatic carbocycles. The lowest BCUT2D eigenvalue weighted by Gasteiger charge is -2.28. The van der Waals surface area contributed by atoms with Gasteiger partial charge in [-0.25, -0.2) is 0 Å². The van der Waals surface area contributed by atoms with Crippen molar-refractivity contribution in [2.24, 2.45) is 0 Å². The van der Waals surface area contributed by atoms with Crippen LogP contribution in [0.4, 0.5) is 11.4 Å². The highest BCUT2D eigenvalue weighted by molar-refractivity contribution is 14.1. The third-order valence-electron chi connectivity index (χ3n) is 3.33. The Labute approximate surface area is 194 Å². The number of nitrogens with zero attached hydrogens (tertiary/aromatic N) is 1. The fourth-order valence-electron chi connectivity index (χ4n) is 2.02. The number of anilines is 1. The molecule has 2 rings (SSSR count). The van der Waals surface area contributed by atoms with Crippen LogP contribution in [0.2, 0.25) is 0 Å². The zero-order chi connectivity index (χ0) is 20.9. The van der Waals surface area contributed by atoms with Gasteiger partial charge in [0, 0.05) is 21.4 Å². The average molecular weight is 574 g/mol. The fraction of sp³-hybridized carbons (Fsp3) is 0.125. The van der Waals surface area contributed by atoms with Gasteiger partial charge in [-0.15, -0.1) is 0 Å². The molecule has 3 N–H and O–H groups in total. The van der Waals surface area contributed by atoms with Crippen LogP contribution in [0.5, 0.6) is 0 Å². The van der Waals surface area contributed by atoms with Crippen LogP contribution in [-0.2, 0) is 0 Å². The van der Waals surface area contributed by atoms with Gasteiger partial charge in [0.1, 0.15) is 6.17 Å². The van der Waals surface area contributed by atoms with Crippen molar-refractivity contribution in [2.75, 3.05) is 5.32 Å². The van der Waals surface area contributed by atoms with Crippen LogP contribution in [-0.4, -0.2) is 25.9 Å². The normalized spacial score (nSPS) is 12.0. The SMILES string of the molecule is O=C(N[C@@H](NC(=S)Nc1ccc([N+](=O)[O-])cc1)C(Cl)(Cl)Cl)c1ccccc1I. The number of rotatable bonds is 5. The summed E-state index contributed by atoms with van der Waals surface area (Å²) in [6, 6.07) is 12.5. The summed E-state index contributed by atoms with van der Waals surface area (Å²) in [5, 5.41) is 18.9. The number of amides is 1. The Balaban J connectivity index is 2.07. The van der Waals surface area contributed by atoms with Gasteiger partial charge >= 0.3 is 0 Å². The summed E-state index contributed by atoms with van der Waals surface area (Å²) in [4.78, 5) is 22.7. The molecule has 0 radical (unpaired) electrons. The van der Waals surface area contributed by atoms with Crippen molar-refractivity contribution in [1.82, 2.24) is 10.6 Å². The molecule has 2 aromatic rings. The van der Waals surface area contributed by atoms with E-state index < -0.39 is 20.8 Å². The van der Waals surface area contributed by atoms with Gasteiger partial charge in [0.05, 0.1) is 10.5 Å². The van der Waals surface area contributed by atoms with Gasteiger partial charge in [-0.1, -0.05) is 46.9 Å². The van der Waals surface area contributed by atoms with Gasteiger partial charge in [0.15, 0.2) is 5.11 Å². The first-order valence-corrected chi connectivity index (χ1v) is 10.1. The summed E-state index contributed by atoms with van der Waals surface area (Å²) >= 11 is 25.1. The molecule has 0 spiro atoms. The van der Waals surface area contributed by atoms with Crippen LogP contribution in [0.1, 0.15) is 10.4 Å². The van der Waals surface area contributed by atoms with Crippen molar-refractivity contribution >= 4 is 92.0 Å². The number of nitro groups is 1. The lowest BCUT2D eigenvalue weighted by atomic mass is 10.2. The highest BCUT2D eigenvalue weighted by atomic mass is 127. The lowest BCUT2D eigenvalue weighted by molar-refractivity contribution is -0.384. The van der Waals surface area contributed by atoms with Crippen molar-refractivity contribution in [3.63, 3.8) is 0 Å². The van der Waals surface area contributed by atoms with Gasteiger partial charge in [0.25, 0.3) is 11.6 Å². The molecule has 0 bridgehead atoms. The highest BCUT2D eigenvalue weighted by Gasteiger charge is 2.35. The smallest absolute Gasteiger partial charge is 0.269 e. The zero-order valence-electron chi connectivity index (χ0n) is 13.8. The predicted molar refractivity (Wildman–Crippen MR) is 123 cm³/mol. The first-order valence-electron chi connectivity index (χ1n) is 7.52. The Morgan fingerprint density at radius 3 is 2.25 bits per heavy atom. The number of carbonyl (C=O) groups excluding carboxylic acids is 1. The third-order valence-corrected chi connectivity index (χ3v) is 5.15. The van der Waals surface area contributed by atoms with Crippen molar-refractivity contribution in [2.45, 2.75) is 9.96 Å². The Morgan fingerprint density at radius 2 is 1.71 bits per heavy atom. The zero-order valence-corrected chi connectivity index (χ0v) is 19.0. The number of hydrogen-bond acceptors (Lipinski definition) is 4. The van der Waals surface area contributed by atoms with Crippen molar-refractivity contribution in [3.8, 4) is 0 Å². The summed E-state index contributed by atoms with van der Waals surface area (Å²) in [7, 11) is 0. The average Bonchev–Trinajstić information content (AvgIpc) is 2.61. The molecule has 0 heterocycles. The minimum Gasteiger partial charge on any atom is -0.339 e. The Kier molecular flexibility index (Phi) is 8.07. The van der Waals surface area contributed by atoms with Crippen molar-refractivity contribution in [1.29, 1.82) is 0 Å². The van der Waals surface area contributed by atoms with Crippen molar-refractivity contribution in [3.05, 3.63) is 67.8 Å². The minimum atomic E-state index is -1.91. The molecule has 0 saturated heterocycles. The van der Waals surface area contributed by atoms with E-state index in [1.54, 1.807) is 24.3 Å². The molecule has 0 aliphatic heterocycles. The summed E-state index contributed by atoms with van der Waals surface area (Å²) < 4.78 is -1.18. The number of benzene rings is 2. The maximum atomic E-state index is 12.5. The quantitative estimate of drug-likeness (QED) is 0.121. The molecular formula is C16H12Cl3IN4O3S. The maximum absolute atomic E-state index is 12.5. The Morgan fingerprint density at radius 1 is 1.11 bits per heavy atom. The second-order valence-corrected chi connectivity index (χ2v) is 9.27. The van der Waals surface area contributed by atoms with Gasteiger partial charge in [0.2, 0.25) is 3.79 Å². The molecule has 7 nitrogen and oxygen atoms in total. The molecule has 1 amide bonds. The van der Waals surface area contributed by atoms with E-state index in [4.69, 9.17) is 47.0 Å². The summed E-state index contributed by atoms with van der Waals surface area (Å²) in [5.41, 5.74) is 0.835. The largest absolute Gasteiger partial charge is 0.339 e. The number of alkyl halides is 3. The second-order valence-electron chi connectivity index (χ2n) is 5.33. The topological polar surface area (TPSA) is 96.3 Å². The monoisotopic (exact) mass is 572 g/mol. The molecule has 28 heavy (non-hydrogen) atoms.